The first-order chi connectivity index (χ1) is 12.2. The van der Waals surface area contributed by atoms with Gasteiger partial charge in [-0.3, -0.25) is 9.80 Å². The first kappa shape index (κ1) is 22.1. The molecule has 0 N–H and O–H groups in total. The van der Waals surface area contributed by atoms with Crippen LogP contribution in [0, 0.1) is 11.3 Å². The molecular formula is C22H45N3O. The van der Waals surface area contributed by atoms with Gasteiger partial charge in [-0.25, -0.2) is 0 Å². The van der Waals surface area contributed by atoms with Crippen LogP contribution in [-0.4, -0.2) is 85.8 Å². The number of nitrogens with zero attached hydrogens (tertiary/aromatic N) is 3. The van der Waals surface area contributed by atoms with Crippen LogP contribution in [0.2, 0.25) is 0 Å². The summed E-state index contributed by atoms with van der Waals surface area (Å²) in [6.45, 7) is 23.9. The molecule has 4 nitrogen and oxygen atoms in total. The average molecular weight is 368 g/mol. The van der Waals surface area contributed by atoms with Crippen LogP contribution >= 0.6 is 0 Å². The van der Waals surface area contributed by atoms with E-state index in [-0.39, 0.29) is 5.54 Å². The third kappa shape index (κ3) is 5.92. The maximum atomic E-state index is 5.24. The Kier molecular flexibility index (Phi) is 7.97. The number of hydrogen-bond acceptors (Lipinski definition) is 4. The summed E-state index contributed by atoms with van der Waals surface area (Å²) in [5.41, 5.74) is 0.700. The Hall–Kier alpha value is -0.160. The minimum absolute atomic E-state index is 0.284. The van der Waals surface area contributed by atoms with E-state index in [2.05, 4.69) is 56.2 Å². The van der Waals surface area contributed by atoms with E-state index in [1.807, 2.05) is 0 Å². The van der Waals surface area contributed by atoms with Gasteiger partial charge in [0.25, 0.3) is 0 Å². The van der Waals surface area contributed by atoms with Crippen LogP contribution in [0.5, 0.6) is 0 Å². The fourth-order valence-corrected chi connectivity index (χ4v) is 5.37. The Morgan fingerprint density at radius 1 is 0.923 bits per heavy atom. The van der Waals surface area contributed by atoms with Crippen molar-refractivity contribution in [2.45, 2.75) is 72.4 Å². The molecule has 0 bridgehead atoms. The lowest BCUT2D eigenvalue weighted by Crippen LogP contribution is -2.56. The number of piperidine rings is 1. The van der Waals surface area contributed by atoms with Crippen molar-refractivity contribution < 1.29 is 4.74 Å². The molecule has 0 amide bonds. The lowest BCUT2D eigenvalue weighted by molar-refractivity contribution is -0.00518. The van der Waals surface area contributed by atoms with Crippen molar-refractivity contribution >= 4 is 0 Å². The Morgan fingerprint density at radius 2 is 1.50 bits per heavy atom. The van der Waals surface area contributed by atoms with Crippen molar-refractivity contribution in [3.05, 3.63) is 0 Å². The Bertz CT molecular complexity index is 406. The van der Waals surface area contributed by atoms with Gasteiger partial charge in [0.2, 0.25) is 0 Å². The third-order valence-electron chi connectivity index (χ3n) is 7.09. The Morgan fingerprint density at radius 3 is 2.00 bits per heavy atom. The number of methoxy groups -OCH3 is 1. The fraction of sp³-hybridized carbons (Fsp3) is 1.00. The monoisotopic (exact) mass is 367 g/mol. The summed E-state index contributed by atoms with van der Waals surface area (Å²) in [5, 5.41) is 0. The van der Waals surface area contributed by atoms with Gasteiger partial charge in [-0.15, -0.1) is 0 Å². The Balaban J connectivity index is 1.85. The van der Waals surface area contributed by atoms with Crippen LogP contribution in [0.15, 0.2) is 0 Å². The predicted octanol–water partition coefficient (Wildman–Crippen LogP) is 3.57. The van der Waals surface area contributed by atoms with Gasteiger partial charge in [-0.2, -0.15) is 0 Å². The zero-order valence-electron chi connectivity index (χ0n) is 18.7. The molecule has 4 heteroatoms. The molecule has 26 heavy (non-hydrogen) atoms. The molecule has 0 radical (unpaired) electrons. The minimum atomic E-state index is 0.284. The standard InChI is InChI=1S/C22H45N3O/c1-19(2)24-10-8-20(9-11-24)21(3,4)18-22(5,6)25-14-12-23(13-15-25)16-17-26-7/h19-20H,8-18H2,1-7H3. The third-order valence-corrected chi connectivity index (χ3v) is 7.09. The van der Waals surface area contributed by atoms with Crippen molar-refractivity contribution in [1.82, 2.24) is 14.7 Å². The van der Waals surface area contributed by atoms with E-state index in [0.29, 0.717) is 11.5 Å². The molecular weight excluding hydrogens is 322 g/mol. The van der Waals surface area contributed by atoms with Crippen molar-refractivity contribution in [1.29, 1.82) is 0 Å². The van der Waals surface area contributed by atoms with E-state index < -0.39 is 0 Å². The SMILES string of the molecule is COCCN1CCN(C(C)(C)CC(C)(C)C2CCN(C(C)C)CC2)CC1. The molecule has 0 unspecified atom stereocenters. The summed E-state index contributed by atoms with van der Waals surface area (Å²) < 4.78 is 5.24. The summed E-state index contributed by atoms with van der Waals surface area (Å²) in [4.78, 5) is 7.93. The van der Waals surface area contributed by atoms with Crippen LogP contribution in [0.1, 0.15) is 60.8 Å². The number of hydrogen-bond donors (Lipinski definition) is 0. The highest BCUT2D eigenvalue weighted by atomic mass is 16.5. The first-order valence-electron chi connectivity index (χ1n) is 10.9. The highest BCUT2D eigenvalue weighted by molar-refractivity contribution is 4.94. The molecule has 0 aromatic heterocycles. The molecule has 0 aromatic rings. The lowest BCUT2D eigenvalue weighted by atomic mass is 9.67. The van der Waals surface area contributed by atoms with E-state index in [1.165, 1.54) is 58.5 Å². The molecule has 0 aliphatic carbocycles. The minimum Gasteiger partial charge on any atom is -0.383 e. The second-order valence-electron chi connectivity index (χ2n) is 10.2. The molecule has 0 saturated carbocycles. The van der Waals surface area contributed by atoms with Gasteiger partial charge in [-0.05, 0) is 71.4 Å². The molecule has 2 heterocycles. The summed E-state index contributed by atoms with van der Waals surface area (Å²) in [6.07, 6.45) is 4.03. The molecule has 0 atom stereocenters. The van der Waals surface area contributed by atoms with Gasteiger partial charge >= 0.3 is 0 Å². The van der Waals surface area contributed by atoms with Gasteiger partial charge in [0.1, 0.15) is 0 Å². The van der Waals surface area contributed by atoms with E-state index in [0.717, 1.165) is 19.1 Å². The maximum Gasteiger partial charge on any atom is 0.0589 e. The van der Waals surface area contributed by atoms with Crippen LogP contribution in [0.25, 0.3) is 0 Å². The fourth-order valence-electron chi connectivity index (χ4n) is 5.37. The molecule has 2 fully saturated rings. The molecule has 2 aliphatic heterocycles. The predicted molar refractivity (Wildman–Crippen MR) is 112 cm³/mol. The van der Waals surface area contributed by atoms with Crippen LogP contribution < -0.4 is 0 Å². The second kappa shape index (κ2) is 9.36. The van der Waals surface area contributed by atoms with E-state index >= 15 is 0 Å². The molecule has 2 aliphatic rings. The first-order valence-corrected chi connectivity index (χ1v) is 10.9. The average Bonchev–Trinajstić information content (AvgIpc) is 2.59. The Labute approximate surface area is 163 Å². The van der Waals surface area contributed by atoms with Crippen LogP contribution in [0.3, 0.4) is 0 Å². The van der Waals surface area contributed by atoms with Gasteiger partial charge < -0.3 is 9.64 Å². The van der Waals surface area contributed by atoms with Crippen molar-refractivity contribution in [2.75, 3.05) is 59.5 Å². The summed E-state index contributed by atoms with van der Waals surface area (Å²) in [5.74, 6) is 0.861. The van der Waals surface area contributed by atoms with Gasteiger partial charge in [-0.1, -0.05) is 13.8 Å². The summed E-state index contributed by atoms with van der Waals surface area (Å²) in [7, 11) is 1.80. The number of piperazine rings is 1. The molecule has 0 spiro atoms. The van der Waals surface area contributed by atoms with Gasteiger partial charge in [0.15, 0.2) is 0 Å². The topological polar surface area (TPSA) is 19.0 Å². The summed E-state index contributed by atoms with van der Waals surface area (Å²) in [6, 6.07) is 0.699. The highest BCUT2D eigenvalue weighted by Gasteiger charge is 2.40. The quantitative estimate of drug-likeness (QED) is 0.653. The van der Waals surface area contributed by atoms with E-state index in [9.17, 15) is 0 Å². The van der Waals surface area contributed by atoms with Gasteiger partial charge in [0.05, 0.1) is 6.61 Å². The largest absolute Gasteiger partial charge is 0.383 e. The highest BCUT2D eigenvalue weighted by Crippen LogP contribution is 2.42. The number of rotatable bonds is 8. The smallest absolute Gasteiger partial charge is 0.0589 e. The van der Waals surface area contributed by atoms with Crippen molar-refractivity contribution in [3.8, 4) is 0 Å². The molecule has 2 saturated heterocycles. The maximum absolute atomic E-state index is 5.24. The van der Waals surface area contributed by atoms with E-state index in [1.54, 1.807) is 7.11 Å². The zero-order valence-corrected chi connectivity index (χ0v) is 18.7. The summed E-state index contributed by atoms with van der Waals surface area (Å²) >= 11 is 0. The van der Waals surface area contributed by atoms with Crippen LogP contribution in [0.4, 0.5) is 0 Å². The number of ether oxygens (including phenoxy) is 1. The zero-order chi connectivity index (χ0) is 19.4. The van der Waals surface area contributed by atoms with Crippen LogP contribution in [-0.2, 0) is 4.74 Å². The van der Waals surface area contributed by atoms with Crippen molar-refractivity contribution in [3.63, 3.8) is 0 Å². The molecule has 154 valence electrons. The lowest BCUT2D eigenvalue weighted by Gasteiger charge is -2.50. The second-order valence-corrected chi connectivity index (χ2v) is 10.2. The van der Waals surface area contributed by atoms with Gasteiger partial charge in [0, 0.05) is 51.4 Å². The normalized spacial score (nSPS) is 23.1. The number of likely N-dealkylation sites (tertiary alicyclic amines) is 1. The van der Waals surface area contributed by atoms with Crippen molar-refractivity contribution in [2.24, 2.45) is 11.3 Å². The van der Waals surface area contributed by atoms with E-state index in [4.69, 9.17) is 4.74 Å². The molecule has 0 aromatic carbocycles. The molecule has 2 rings (SSSR count).